The summed E-state index contributed by atoms with van der Waals surface area (Å²) in [5.41, 5.74) is 0.476. The Hall–Kier alpha value is -2.12. The molecular weight excluding hydrogens is 328 g/mol. The van der Waals surface area contributed by atoms with Crippen LogP contribution in [-0.4, -0.2) is 20.4 Å². The molecule has 0 aliphatic carbocycles. The van der Waals surface area contributed by atoms with Gasteiger partial charge in [0, 0.05) is 19.2 Å². The summed E-state index contributed by atoms with van der Waals surface area (Å²) in [6.07, 6.45) is 0. The smallest absolute Gasteiger partial charge is 0.271 e. The minimum atomic E-state index is -3.71. The molecule has 2 aromatic rings. The van der Waals surface area contributed by atoms with Gasteiger partial charge in [-0.05, 0) is 11.6 Å². The quantitative estimate of drug-likeness (QED) is 0.618. The standard InChI is InChI=1S/C14H13ClN2O4S/c1-16(14-9-12(17(18)19)7-8-13(14)15)22(20,21)10-11-5-3-2-4-6-11/h2-9H,10H2,1H3. The zero-order valence-electron chi connectivity index (χ0n) is 11.6. The molecule has 0 aliphatic rings. The fraction of sp³-hybridized carbons (Fsp3) is 0.143. The van der Waals surface area contributed by atoms with Crippen LogP contribution < -0.4 is 4.31 Å². The van der Waals surface area contributed by atoms with Crippen molar-refractivity contribution in [3.05, 3.63) is 69.2 Å². The molecule has 0 N–H and O–H groups in total. The van der Waals surface area contributed by atoms with Gasteiger partial charge >= 0.3 is 0 Å². The van der Waals surface area contributed by atoms with Crippen LogP contribution in [0.5, 0.6) is 0 Å². The van der Waals surface area contributed by atoms with Gasteiger partial charge in [0.15, 0.2) is 0 Å². The third-order valence-electron chi connectivity index (χ3n) is 3.09. The number of non-ortho nitro benzene ring substituents is 1. The molecule has 6 nitrogen and oxygen atoms in total. The van der Waals surface area contributed by atoms with Gasteiger partial charge < -0.3 is 0 Å². The molecule has 0 aromatic heterocycles. The van der Waals surface area contributed by atoms with Crippen molar-refractivity contribution < 1.29 is 13.3 Å². The van der Waals surface area contributed by atoms with Crippen molar-refractivity contribution in [3.63, 3.8) is 0 Å². The molecule has 116 valence electrons. The molecule has 2 rings (SSSR count). The summed E-state index contributed by atoms with van der Waals surface area (Å²) in [4.78, 5) is 10.2. The SMILES string of the molecule is CN(c1cc([N+](=O)[O-])ccc1Cl)S(=O)(=O)Cc1ccccc1. The highest BCUT2D eigenvalue weighted by atomic mass is 35.5. The summed E-state index contributed by atoms with van der Waals surface area (Å²) in [7, 11) is -2.38. The van der Waals surface area contributed by atoms with Crippen molar-refractivity contribution in [3.8, 4) is 0 Å². The van der Waals surface area contributed by atoms with Gasteiger partial charge in [-0.25, -0.2) is 8.42 Å². The predicted octanol–water partition coefficient (Wildman–Crippen LogP) is 3.21. The summed E-state index contributed by atoms with van der Waals surface area (Å²) in [5.74, 6) is -0.219. The highest BCUT2D eigenvalue weighted by molar-refractivity contribution is 7.92. The van der Waals surface area contributed by atoms with E-state index >= 15 is 0 Å². The van der Waals surface area contributed by atoms with Gasteiger partial charge in [-0.15, -0.1) is 0 Å². The van der Waals surface area contributed by atoms with Crippen LogP contribution in [-0.2, 0) is 15.8 Å². The van der Waals surface area contributed by atoms with Crippen LogP contribution in [0.2, 0.25) is 5.02 Å². The Kier molecular flexibility index (Phi) is 4.68. The highest BCUT2D eigenvalue weighted by Gasteiger charge is 2.23. The number of benzene rings is 2. The number of hydrogen-bond donors (Lipinski definition) is 0. The van der Waals surface area contributed by atoms with Crippen molar-refractivity contribution in [2.24, 2.45) is 0 Å². The molecule has 0 radical (unpaired) electrons. The molecule has 0 unspecified atom stereocenters. The fourth-order valence-corrected chi connectivity index (χ4v) is 3.44. The molecule has 0 saturated heterocycles. The number of anilines is 1. The van der Waals surface area contributed by atoms with E-state index in [0.717, 1.165) is 10.4 Å². The van der Waals surface area contributed by atoms with Crippen LogP contribution in [0.1, 0.15) is 5.56 Å². The van der Waals surface area contributed by atoms with Crippen LogP contribution in [0.3, 0.4) is 0 Å². The van der Waals surface area contributed by atoms with E-state index in [-0.39, 0.29) is 22.2 Å². The van der Waals surface area contributed by atoms with Crippen molar-refractivity contribution in [2.45, 2.75) is 5.75 Å². The maximum atomic E-state index is 12.4. The van der Waals surface area contributed by atoms with Crippen LogP contribution in [0, 0.1) is 10.1 Å². The van der Waals surface area contributed by atoms with Crippen LogP contribution >= 0.6 is 11.6 Å². The van der Waals surface area contributed by atoms with E-state index in [1.165, 1.54) is 19.2 Å². The second-order valence-electron chi connectivity index (χ2n) is 4.60. The summed E-state index contributed by atoms with van der Waals surface area (Å²) in [5, 5.41) is 11.0. The summed E-state index contributed by atoms with van der Waals surface area (Å²) >= 11 is 5.98. The molecule has 0 saturated carbocycles. The van der Waals surface area contributed by atoms with E-state index in [4.69, 9.17) is 11.6 Å². The first-order valence-corrected chi connectivity index (χ1v) is 8.24. The summed E-state index contributed by atoms with van der Waals surface area (Å²) in [6.45, 7) is 0. The van der Waals surface area contributed by atoms with Gasteiger partial charge in [-0.2, -0.15) is 0 Å². The number of nitro benzene ring substituents is 1. The normalized spacial score (nSPS) is 11.2. The van der Waals surface area contributed by atoms with Crippen molar-refractivity contribution in [1.82, 2.24) is 0 Å². The lowest BCUT2D eigenvalue weighted by atomic mass is 10.2. The minimum Gasteiger partial charge on any atom is -0.271 e. The average molecular weight is 341 g/mol. The van der Waals surface area contributed by atoms with Crippen molar-refractivity contribution in [2.75, 3.05) is 11.4 Å². The third kappa shape index (κ3) is 3.55. The second-order valence-corrected chi connectivity index (χ2v) is 7.01. The third-order valence-corrected chi connectivity index (χ3v) is 5.14. The van der Waals surface area contributed by atoms with Crippen LogP contribution in [0.15, 0.2) is 48.5 Å². The van der Waals surface area contributed by atoms with Gasteiger partial charge in [-0.1, -0.05) is 41.9 Å². The fourth-order valence-electron chi connectivity index (χ4n) is 1.89. The molecular formula is C14H13ClN2O4S. The lowest BCUT2D eigenvalue weighted by Crippen LogP contribution is -2.28. The zero-order valence-corrected chi connectivity index (χ0v) is 13.2. The average Bonchev–Trinajstić information content (AvgIpc) is 2.47. The lowest BCUT2D eigenvalue weighted by Gasteiger charge is -2.20. The van der Waals surface area contributed by atoms with E-state index in [0.29, 0.717) is 5.56 Å². The van der Waals surface area contributed by atoms with E-state index in [1.807, 2.05) is 0 Å². The topological polar surface area (TPSA) is 80.5 Å². The van der Waals surface area contributed by atoms with Crippen LogP contribution in [0.25, 0.3) is 0 Å². The first-order chi connectivity index (χ1) is 10.3. The number of nitrogens with zero attached hydrogens (tertiary/aromatic N) is 2. The maximum absolute atomic E-state index is 12.4. The first-order valence-electron chi connectivity index (χ1n) is 6.26. The predicted molar refractivity (Wildman–Crippen MR) is 85.6 cm³/mol. The maximum Gasteiger partial charge on any atom is 0.271 e. The first kappa shape index (κ1) is 16.3. The van der Waals surface area contributed by atoms with E-state index in [2.05, 4.69) is 0 Å². The number of hydrogen-bond acceptors (Lipinski definition) is 4. The summed E-state index contributed by atoms with van der Waals surface area (Å²) < 4.78 is 25.8. The van der Waals surface area contributed by atoms with Gasteiger partial charge in [0.05, 0.1) is 21.4 Å². The van der Waals surface area contributed by atoms with E-state index in [9.17, 15) is 18.5 Å². The number of sulfonamides is 1. The molecule has 0 aliphatic heterocycles. The Morgan fingerprint density at radius 1 is 1.18 bits per heavy atom. The van der Waals surface area contributed by atoms with E-state index < -0.39 is 14.9 Å². The molecule has 0 atom stereocenters. The van der Waals surface area contributed by atoms with E-state index in [1.54, 1.807) is 30.3 Å². The Labute approximate surface area is 133 Å². The lowest BCUT2D eigenvalue weighted by molar-refractivity contribution is -0.384. The van der Waals surface area contributed by atoms with Gasteiger partial charge in [-0.3, -0.25) is 14.4 Å². The Morgan fingerprint density at radius 3 is 2.41 bits per heavy atom. The molecule has 8 heteroatoms. The second kappa shape index (κ2) is 6.33. The monoisotopic (exact) mass is 340 g/mol. The minimum absolute atomic E-state index is 0.0757. The van der Waals surface area contributed by atoms with Gasteiger partial charge in [0.1, 0.15) is 0 Å². The molecule has 2 aromatic carbocycles. The molecule has 0 spiro atoms. The molecule has 0 heterocycles. The molecule has 22 heavy (non-hydrogen) atoms. The molecule has 0 amide bonds. The van der Waals surface area contributed by atoms with Gasteiger partial charge in [0.25, 0.3) is 5.69 Å². The Bertz CT molecular complexity index is 794. The number of rotatable bonds is 5. The summed E-state index contributed by atoms with van der Waals surface area (Å²) in [6, 6.07) is 12.3. The largest absolute Gasteiger partial charge is 0.271 e. The van der Waals surface area contributed by atoms with Crippen molar-refractivity contribution in [1.29, 1.82) is 0 Å². The van der Waals surface area contributed by atoms with Crippen LogP contribution in [0.4, 0.5) is 11.4 Å². The Morgan fingerprint density at radius 2 is 1.82 bits per heavy atom. The molecule has 0 fully saturated rings. The molecule has 0 bridgehead atoms. The highest BCUT2D eigenvalue weighted by Crippen LogP contribution is 2.31. The zero-order chi connectivity index (χ0) is 16.3. The Balaban J connectivity index is 2.36. The number of nitro groups is 1. The number of halogens is 1. The van der Waals surface area contributed by atoms with Gasteiger partial charge in [0.2, 0.25) is 10.0 Å². The van der Waals surface area contributed by atoms with Crippen molar-refractivity contribution >= 4 is 33.0 Å².